The fourth-order valence-corrected chi connectivity index (χ4v) is 1.53. The van der Waals surface area contributed by atoms with E-state index in [1.54, 1.807) is 0 Å². The Labute approximate surface area is 97.5 Å². The first-order valence-electron chi connectivity index (χ1n) is 4.90. The van der Waals surface area contributed by atoms with Crippen molar-refractivity contribution in [3.8, 4) is 12.3 Å². The average Bonchev–Trinajstić information content (AvgIpc) is 2.73. The van der Waals surface area contributed by atoms with Gasteiger partial charge in [-0.05, 0) is 6.42 Å². The molecule has 0 aromatic heterocycles. The Kier molecular flexibility index (Phi) is 3.88. The molecule has 0 aliphatic carbocycles. The Morgan fingerprint density at radius 1 is 1.47 bits per heavy atom. The third kappa shape index (κ3) is 2.84. The predicted molar refractivity (Wildman–Crippen MR) is 56.6 cm³/mol. The Bertz CT molecular complexity index is 432. The molecule has 1 aliphatic rings. The Hall–Kier alpha value is -2.29. The molecule has 6 heteroatoms. The molecule has 1 aliphatic heterocycles. The first-order valence-corrected chi connectivity index (χ1v) is 4.90. The van der Waals surface area contributed by atoms with Crippen LogP contribution in [0, 0.1) is 18.3 Å². The van der Waals surface area contributed by atoms with E-state index in [0.29, 0.717) is 6.42 Å². The largest absolute Gasteiger partial charge is 0.480 e. The van der Waals surface area contributed by atoms with E-state index in [2.05, 4.69) is 0 Å². The summed E-state index contributed by atoms with van der Waals surface area (Å²) < 4.78 is 0. The standard InChI is InChI=1S/C11H11NO5/c1-2-7(10(14)15)6-9(13)12-5-3-4-8(12)11(16)17/h1,4,7H,3,5-6H2,(H,14,15)(H,16,17). The van der Waals surface area contributed by atoms with Gasteiger partial charge in [0.15, 0.2) is 0 Å². The number of carboxylic acid groups (broad SMARTS) is 2. The van der Waals surface area contributed by atoms with Crippen molar-refractivity contribution in [2.45, 2.75) is 12.8 Å². The van der Waals surface area contributed by atoms with Crippen molar-refractivity contribution in [3.63, 3.8) is 0 Å². The van der Waals surface area contributed by atoms with Crippen LogP contribution < -0.4 is 0 Å². The maximum Gasteiger partial charge on any atom is 0.352 e. The summed E-state index contributed by atoms with van der Waals surface area (Å²) in [6.45, 7) is 0.247. The third-order valence-corrected chi connectivity index (χ3v) is 2.38. The molecule has 1 unspecified atom stereocenters. The number of nitrogens with zero attached hydrogens (tertiary/aromatic N) is 1. The summed E-state index contributed by atoms with van der Waals surface area (Å²) in [5.74, 6) is -2.29. The minimum absolute atomic E-state index is 0.115. The van der Waals surface area contributed by atoms with Crippen molar-refractivity contribution >= 4 is 17.8 Å². The van der Waals surface area contributed by atoms with Gasteiger partial charge in [-0.1, -0.05) is 12.0 Å². The van der Waals surface area contributed by atoms with Crippen LogP contribution in [0.5, 0.6) is 0 Å². The summed E-state index contributed by atoms with van der Waals surface area (Å²) in [5, 5.41) is 17.5. The zero-order valence-electron chi connectivity index (χ0n) is 8.92. The minimum atomic E-state index is -1.26. The first kappa shape index (κ1) is 12.8. The molecular weight excluding hydrogens is 226 g/mol. The molecule has 1 atom stereocenters. The summed E-state index contributed by atoms with van der Waals surface area (Å²) in [5.41, 5.74) is -0.115. The summed E-state index contributed by atoms with van der Waals surface area (Å²) in [6.07, 6.45) is 6.46. The van der Waals surface area contributed by atoms with E-state index in [1.165, 1.54) is 6.08 Å². The average molecular weight is 237 g/mol. The lowest BCUT2D eigenvalue weighted by Gasteiger charge is -2.18. The molecule has 0 aromatic carbocycles. The van der Waals surface area contributed by atoms with Gasteiger partial charge in [0.2, 0.25) is 5.91 Å². The first-order chi connectivity index (χ1) is 7.97. The van der Waals surface area contributed by atoms with Crippen molar-refractivity contribution < 1.29 is 24.6 Å². The zero-order chi connectivity index (χ0) is 13.0. The second-order valence-corrected chi connectivity index (χ2v) is 3.49. The molecule has 0 fully saturated rings. The number of carboxylic acids is 2. The number of rotatable bonds is 4. The Morgan fingerprint density at radius 2 is 2.12 bits per heavy atom. The molecule has 2 N–H and O–H groups in total. The lowest BCUT2D eigenvalue weighted by molar-refractivity contribution is -0.144. The number of terminal acetylenes is 1. The van der Waals surface area contributed by atoms with Crippen LogP contribution in [-0.4, -0.2) is 39.5 Å². The quantitative estimate of drug-likeness (QED) is 0.666. The highest BCUT2D eigenvalue weighted by molar-refractivity contribution is 5.94. The maximum absolute atomic E-state index is 11.7. The van der Waals surface area contributed by atoms with Gasteiger partial charge in [0.25, 0.3) is 0 Å². The van der Waals surface area contributed by atoms with Gasteiger partial charge in [0, 0.05) is 6.54 Å². The molecule has 0 aromatic rings. The van der Waals surface area contributed by atoms with Crippen LogP contribution in [0.15, 0.2) is 11.8 Å². The van der Waals surface area contributed by atoms with Crippen LogP contribution in [0.3, 0.4) is 0 Å². The number of carbonyl (C=O) groups is 3. The maximum atomic E-state index is 11.7. The second-order valence-electron chi connectivity index (χ2n) is 3.49. The van der Waals surface area contributed by atoms with E-state index in [-0.39, 0.29) is 12.2 Å². The zero-order valence-corrected chi connectivity index (χ0v) is 8.92. The third-order valence-electron chi connectivity index (χ3n) is 2.38. The molecule has 17 heavy (non-hydrogen) atoms. The van der Waals surface area contributed by atoms with Crippen LogP contribution >= 0.6 is 0 Å². The van der Waals surface area contributed by atoms with Gasteiger partial charge >= 0.3 is 11.9 Å². The number of carbonyl (C=O) groups excluding carboxylic acids is 1. The van der Waals surface area contributed by atoms with Gasteiger partial charge in [0.1, 0.15) is 11.6 Å². The van der Waals surface area contributed by atoms with Crippen LogP contribution in [0.1, 0.15) is 12.8 Å². The topological polar surface area (TPSA) is 94.9 Å². The van der Waals surface area contributed by atoms with Gasteiger partial charge in [-0.3, -0.25) is 9.59 Å². The normalized spacial score (nSPS) is 15.9. The highest BCUT2D eigenvalue weighted by Crippen LogP contribution is 2.18. The summed E-state index contributed by atoms with van der Waals surface area (Å²) >= 11 is 0. The molecule has 0 radical (unpaired) electrons. The highest BCUT2D eigenvalue weighted by atomic mass is 16.4. The van der Waals surface area contributed by atoms with E-state index < -0.39 is 30.2 Å². The van der Waals surface area contributed by atoms with Crippen LogP contribution in [0.25, 0.3) is 0 Å². The molecule has 0 saturated heterocycles. The molecule has 1 amide bonds. The summed E-state index contributed by atoms with van der Waals surface area (Å²) in [7, 11) is 0. The van der Waals surface area contributed by atoms with Crippen molar-refractivity contribution in [1.29, 1.82) is 0 Å². The van der Waals surface area contributed by atoms with E-state index in [0.717, 1.165) is 4.90 Å². The SMILES string of the molecule is C#CC(CC(=O)N1CCC=C1C(=O)O)C(=O)O. The molecular formula is C11H11NO5. The molecule has 0 bridgehead atoms. The number of amides is 1. The van der Waals surface area contributed by atoms with Crippen molar-refractivity contribution in [2.75, 3.05) is 6.54 Å². The van der Waals surface area contributed by atoms with Crippen molar-refractivity contribution in [1.82, 2.24) is 4.90 Å². The fraction of sp³-hybridized carbons (Fsp3) is 0.364. The second kappa shape index (κ2) is 5.16. The van der Waals surface area contributed by atoms with Gasteiger partial charge in [0.05, 0.1) is 6.42 Å². The van der Waals surface area contributed by atoms with Gasteiger partial charge in [-0.25, -0.2) is 4.79 Å². The predicted octanol–water partition coefficient (Wildman–Crippen LogP) is -0.0887. The van der Waals surface area contributed by atoms with Gasteiger partial charge < -0.3 is 15.1 Å². The Morgan fingerprint density at radius 3 is 2.59 bits per heavy atom. The van der Waals surface area contributed by atoms with Gasteiger partial charge in [-0.15, -0.1) is 6.42 Å². The van der Waals surface area contributed by atoms with E-state index in [4.69, 9.17) is 16.6 Å². The summed E-state index contributed by atoms with van der Waals surface area (Å²) in [6, 6.07) is 0. The lowest BCUT2D eigenvalue weighted by Crippen LogP contribution is -2.33. The van der Waals surface area contributed by atoms with Crippen molar-refractivity contribution in [2.24, 2.45) is 5.92 Å². The molecule has 0 spiro atoms. The molecule has 6 nitrogen and oxygen atoms in total. The summed E-state index contributed by atoms with van der Waals surface area (Å²) in [4.78, 5) is 34.2. The monoisotopic (exact) mass is 237 g/mol. The molecule has 0 saturated carbocycles. The van der Waals surface area contributed by atoms with Crippen molar-refractivity contribution in [3.05, 3.63) is 11.8 Å². The number of aliphatic carboxylic acids is 2. The number of hydrogen-bond acceptors (Lipinski definition) is 3. The molecule has 1 rings (SSSR count). The lowest BCUT2D eigenvalue weighted by atomic mass is 10.1. The van der Waals surface area contributed by atoms with E-state index in [1.807, 2.05) is 5.92 Å². The van der Waals surface area contributed by atoms with E-state index in [9.17, 15) is 14.4 Å². The van der Waals surface area contributed by atoms with Crippen LogP contribution in [0.2, 0.25) is 0 Å². The minimum Gasteiger partial charge on any atom is -0.480 e. The van der Waals surface area contributed by atoms with Crippen LogP contribution in [0.4, 0.5) is 0 Å². The molecule has 90 valence electrons. The number of hydrogen-bond donors (Lipinski definition) is 2. The highest BCUT2D eigenvalue weighted by Gasteiger charge is 2.29. The van der Waals surface area contributed by atoms with Crippen LogP contribution in [-0.2, 0) is 14.4 Å². The Balaban J connectivity index is 2.72. The van der Waals surface area contributed by atoms with Gasteiger partial charge in [-0.2, -0.15) is 0 Å². The molecule has 1 heterocycles. The van der Waals surface area contributed by atoms with E-state index >= 15 is 0 Å². The smallest absolute Gasteiger partial charge is 0.352 e. The fourth-order valence-electron chi connectivity index (χ4n) is 1.53.